The third kappa shape index (κ3) is 4.48. The van der Waals surface area contributed by atoms with Crippen molar-refractivity contribution in [3.8, 4) is 16.9 Å². The van der Waals surface area contributed by atoms with E-state index in [0.29, 0.717) is 6.54 Å². The van der Waals surface area contributed by atoms with Gasteiger partial charge in [-0.1, -0.05) is 12.1 Å². The van der Waals surface area contributed by atoms with E-state index in [0.717, 1.165) is 42.4 Å². The first kappa shape index (κ1) is 15.9. The SMILES string of the molecule is Cl.NCCCn1cc(-c2cccc(OCC3CC3)c2)cn1. The smallest absolute Gasteiger partial charge is 0.119 e. The van der Waals surface area contributed by atoms with Crippen molar-refractivity contribution in [3.63, 3.8) is 0 Å². The lowest BCUT2D eigenvalue weighted by Gasteiger charge is -2.06. The minimum Gasteiger partial charge on any atom is -0.493 e. The molecule has 1 aliphatic carbocycles. The molecule has 2 aromatic rings. The lowest BCUT2D eigenvalue weighted by molar-refractivity contribution is 0.300. The standard InChI is InChI=1S/C16H21N3O.ClH/c17-7-2-8-19-11-15(10-18-19)14-3-1-4-16(9-14)20-12-13-5-6-13;/h1,3-4,9-11,13H,2,5-8,12,17H2;1H. The second-order valence-corrected chi connectivity index (χ2v) is 5.42. The van der Waals surface area contributed by atoms with E-state index in [2.05, 4.69) is 23.4 Å². The molecule has 114 valence electrons. The second kappa shape index (κ2) is 7.48. The zero-order valence-electron chi connectivity index (χ0n) is 12.1. The number of aryl methyl sites for hydroxylation is 1. The van der Waals surface area contributed by atoms with Gasteiger partial charge in [-0.25, -0.2) is 0 Å². The molecule has 5 heteroatoms. The van der Waals surface area contributed by atoms with E-state index in [4.69, 9.17) is 10.5 Å². The summed E-state index contributed by atoms with van der Waals surface area (Å²) >= 11 is 0. The molecule has 1 fully saturated rings. The third-order valence-electron chi connectivity index (χ3n) is 3.57. The zero-order chi connectivity index (χ0) is 13.8. The molecule has 1 saturated carbocycles. The van der Waals surface area contributed by atoms with Gasteiger partial charge >= 0.3 is 0 Å². The summed E-state index contributed by atoms with van der Waals surface area (Å²) in [5.74, 6) is 1.72. The Morgan fingerprint density at radius 3 is 2.90 bits per heavy atom. The van der Waals surface area contributed by atoms with Gasteiger partial charge in [-0.3, -0.25) is 4.68 Å². The van der Waals surface area contributed by atoms with Gasteiger partial charge in [0.25, 0.3) is 0 Å². The van der Waals surface area contributed by atoms with Gasteiger partial charge in [0.2, 0.25) is 0 Å². The molecule has 1 heterocycles. The second-order valence-electron chi connectivity index (χ2n) is 5.42. The number of aromatic nitrogens is 2. The van der Waals surface area contributed by atoms with Crippen molar-refractivity contribution in [1.82, 2.24) is 9.78 Å². The van der Waals surface area contributed by atoms with E-state index in [1.54, 1.807) is 0 Å². The van der Waals surface area contributed by atoms with Crippen LogP contribution in [-0.4, -0.2) is 22.9 Å². The quantitative estimate of drug-likeness (QED) is 0.855. The predicted molar refractivity (Wildman–Crippen MR) is 86.8 cm³/mol. The van der Waals surface area contributed by atoms with Crippen LogP contribution in [0.2, 0.25) is 0 Å². The molecule has 0 unspecified atom stereocenters. The highest BCUT2D eigenvalue weighted by Crippen LogP contribution is 2.30. The fraction of sp³-hybridized carbons (Fsp3) is 0.438. The topological polar surface area (TPSA) is 53.1 Å². The number of nitrogens with zero attached hydrogens (tertiary/aromatic N) is 2. The van der Waals surface area contributed by atoms with Gasteiger partial charge in [0.15, 0.2) is 0 Å². The van der Waals surface area contributed by atoms with Crippen LogP contribution in [0.15, 0.2) is 36.7 Å². The molecule has 0 saturated heterocycles. The monoisotopic (exact) mass is 307 g/mol. The van der Waals surface area contributed by atoms with Gasteiger partial charge in [0.05, 0.1) is 12.8 Å². The van der Waals surface area contributed by atoms with Crippen LogP contribution >= 0.6 is 12.4 Å². The van der Waals surface area contributed by atoms with Gasteiger partial charge in [0, 0.05) is 18.3 Å². The Labute approximate surface area is 131 Å². The summed E-state index contributed by atoms with van der Waals surface area (Å²) in [5.41, 5.74) is 7.79. The minimum absolute atomic E-state index is 0. The summed E-state index contributed by atoms with van der Waals surface area (Å²) in [6, 6.07) is 8.24. The molecular formula is C16H22ClN3O. The van der Waals surface area contributed by atoms with E-state index in [9.17, 15) is 0 Å². The first-order valence-electron chi connectivity index (χ1n) is 7.31. The molecule has 1 aromatic carbocycles. The van der Waals surface area contributed by atoms with E-state index in [1.165, 1.54) is 12.8 Å². The van der Waals surface area contributed by atoms with Gasteiger partial charge in [0.1, 0.15) is 5.75 Å². The van der Waals surface area contributed by atoms with E-state index < -0.39 is 0 Å². The number of ether oxygens (including phenoxy) is 1. The normalized spacial score (nSPS) is 13.8. The van der Waals surface area contributed by atoms with Crippen LogP contribution in [0.4, 0.5) is 0 Å². The first-order valence-corrected chi connectivity index (χ1v) is 7.31. The molecule has 4 nitrogen and oxygen atoms in total. The Bertz CT molecular complexity index is 566. The van der Waals surface area contributed by atoms with Crippen molar-refractivity contribution in [2.24, 2.45) is 11.7 Å². The Morgan fingerprint density at radius 2 is 2.14 bits per heavy atom. The van der Waals surface area contributed by atoms with Crippen molar-refractivity contribution in [2.45, 2.75) is 25.8 Å². The number of hydrogen-bond donors (Lipinski definition) is 1. The summed E-state index contributed by atoms with van der Waals surface area (Å²) in [5, 5.41) is 4.36. The lowest BCUT2D eigenvalue weighted by atomic mass is 10.1. The Kier molecular flexibility index (Phi) is 5.65. The van der Waals surface area contributed by atoms with Crippen molar-refractivity contribution in [1.29, 1.82) is 0 Å². The van der Waals surface area contributed by atoms with Crippen molar-refractivity contribution < 1.29 is 4.74 Å². The van der Waals surface area contributed by atoms with Crippen LogP contribution in [0.1, 0.15) is 19.3 Å². The van der Waals surface area contributed by atoms with Crippen molar-refractivity contribution in [3.05, 3.63) is 36.7 Å². The highest BCUT2D eigenvalue weighted by Gasteiger charge is 2.21. The van der Waals surface area contributed by atoms with Gasteiger partial charge < -0.3 is 10.5 Å². The molecular weight excluding hydrogens is 286 g/mol. The fourth-order valence-electron chi connectivity index (χ4n) is 2.15. The Hall–Kier alpha value is -1.52. The number of nitrogens with two attached hydrogens (primary N) is 1. The van der Waals surface area contributed by atoms with E-state index >= 15 is 0 Å². The van der Waals surface area contributed by atoms with Crippen LogP contribution < -0.4 is 10.5 Å². The van der Waals surface area contributed by atoms with Crippen LogP contribution in [0.25, 0.3) is 11.1 Å². The van der Waals surface area contributed by atoms with E-state index in [1.807, 2.05) is 23.0 Å². The summed E-state index contributed by atoms with van der Waals surface area (Å²) in [7, 11) is 0. The molecule has 21 heavy (non-hydrogen) atoms. The summed E-state index contributed by atoms with van der Waals surface area (Å²) in [4.78, 5) is 0. The first-order chi connectivity index (χ1) is 9.85. The predicted octanol–water partition coefficient (Wildman–Crippen LogP) is 3.11. The maximum Gasteiger partial charge on any atom is 0.119 e. The summed E-state index contributed by atoms with van der Waals surface area (Å²) in [6.45, 7) is 2.41. The Morgan fingerprint density at radius 1 is 1.29 bits per heavy atom. The lowest BCUT2D eigenvalue weighted by Crippen LogP contribution is -2.05. The van der Waals surface area contributed by atoms with Crippen LogP contribution in [0.3, 0.4) is 0 Å². The Balaban J connectivity index is 0.00000161. The molecule has 0 spiro atoms. The molecule has 1 aliphatic rings. The fourth-order valence-corrected chi connectivity index (χ4v) is 2.15. The maximum absolute atomic E-state index is 5.82. The number of benzene rings is 1. The number of rotatable bonds is 7. The van der Waals surface area contributed by atoms with Gasteiger partial charge in [-0.05, 0) is 49.4 Å². The molecule has 3 rings (SSSR count). The molecule has 2 N–H and O–H groups in total. The van der Waals surface area contributed by atoms with Crippen molar-refractivity contribution in [2.75, 3.05) is 13.2 Å². The number of halogens is 1. The molecule has 1 aromatic heterocycles. The maximum atomic E-state index is 5.82. The van der Waals surface area contributed by atoms with Crippen LogP contribution in [-0.2, 0) is 6.54 Å². The largest absolute Gasteiger partial charge is 0.493 e. The van der Waals surface area contributed by atoms with Gasteiger partial charge in [-0.2, -0.15) is 5.10 Å². The molecule has 0 aliphatic heterocycles. The molecule has 0 atom stereocenters. The molecule has 0 amide bonds. The average Bonchev–Trinajstić information content (AvgIpc) is 3.20. The van der Waals surface area contributed by atoms with Gasteiger partial charge in [-0.15, -0.1) is 12.4 Å². The molecule has 0 bridgehead atoms. The summed E-state index contributed by atoms with van der Waals surface area (Å²) < 4.78 is 7.76. The third-order valence-corrected chi connectivity index (χ3v) is 3.57. The highest BCUT2D eigenvalue weighted by molar-refractivity contribution is 5.85. The molecule has 0 radical (unpaired) electrons. The highest BCUT2D eigenvalue weighted by atomic mass is 35.5. The van der Waals surface area contributed by atoms with Crippen LogP contribution in [0.5, 0.6) is 5.75 Å². The zero-order valence-corrected chi connectivity index (χ0v) is 12.9. The average molecular weight is 308 g/mol. The van der Waals surface area contributed by atoms with Crippen molar-refractivity contribution >= 4 is 12.4 Å². The summed E-state index contributed by atoms with van der Waals surface area (Å²) in [6.07, 6.45) is 7.54. The van der Waals surface area contributed by atoms with Crippen LogP contribution in [0, 0.1) is 5.92 Å². The number of hydrogen-bond acceptors (Lipinski definition) is 3. The van der Waals surface area contributed by atoms with E-state index in [-0.39, 0.29) is 12.4 Å². The minimum atomic E-state index is 0.